The van der Waals surface area contributed by atoms with Crippen molar-refractivity contribution in [2.45, 2.75) is 31.6 Å². The summed E-state index contributed by atoms with van der Waals surface area (Å²) in [6.07, 6.45) is 1.04. The van der Waals surface area contributed by atoms with Crippen molar-refractivity contribution in [2.24, 2.45) is 0 Å². The van der Waals surface area contributed by atoms with Gasteiger partial charge in [0.2, 0.25) is 5.91 Å². The molecule has 0 radical (unpaired) electrons. The van der Waals surface area contributed by atoms with Crippen LogP contribution in [0, 0.1) is 11.6 Å². The predicted octanol–water partition coefficient (Wildman–Crippen LogP) is 2.34. The highest BCUT2D eigenvalue weighted by molar-refractivity contribution is 5.90. The highest BCUT2D eigenvalue weighted by Gasteiger charge is 2.45. The van der Waals surface area contributed by atoms with Gasteiger partial charge in [-0.25, -0.2) is 8.78 Å². The molecule has 5 nitrogen and oxygen atoms in total. The Balaban J connectivity index is 2.46. The fourth-order valence-corrected chi connectivity index (χ4v) is 3.18. The number of ether oxygens (including phenoxy) is 1. The average molecular weight is 341 g/mol. The van der Waals surface area contributed by atoms with Crippen LogP contribution in [0.4, 0.5) is 8.78 Å². The monoisotopic (exact) mass is 341 g/mol. The predicted molar refractivity (Wildman–Crippen MR) is 82.6 cm³/mol. The van der Waals surface area contributed by atoms with Crippen LogP contribution in [-0.4, -0.2) is 48.2 Å². The first-order valence-corrected chi connectivity index (χ1v) is 7.95. The Labute approximate surface area is 139 Å². The molecule has 1 N–H and O–H groups in total. The normalized spacial score (nSPS) is 16.6. The standard InChI is InChI=1S/C17H21F2NO4/c1-2-7-20(11-15(21)22)16(23)17(5-8-24-9-6-17)13-4-3-12(18)10-14(13)19/h3-4,10H,2,5-9,11H2,1H3,(H,21,22). The van der Waals surface area contributed by atoms with Crippen molar-refractivity contribution in [1.82, 2.24) is 4.90 Å². The van der Waals surface area contributed by atoms with Gasteiger partial charge in [-0.15, -0.1) is 0 Å². The van der Waals surface area contributed by atoms with Crippen LogP contribution in [0.1, 0.15) is 31.7 Å². The van der Waals surface area contributed by atoms with Gasteiger partial charge in [-0.2, -0.15) is 0 Å². The van der Waals surface area contributed by atoms with Gasteiger partial charge in [-0.3, -0.25) is 9.59 Å². The summed E-state index contributed by atoms with van der Waals surface area (Å²) >= 11 is 0. The smallest absolute Gasteiger partial charge is 0.323 e. The van der Waals surface area contributed by atoms with Crippen molar-refractivity contribution in [3.05, 3.63) is 35.4 Å². The molecule has 1 aliphatic rings. The number of carboxylic acids is 1. The van der Waals surface area contributed by atoms with Crippen LogP contribution >= 0.6 is 0 Å². The van der Waals surface area contributed by atoms with E-state index in [9.17, 15) is 18.4 Å². The van der Waals surface area contributed by atoms with Gasteiger partial charge in [0.15, 0.2) is 0 Å². The number of carbonyl (C=O) groups excluding carboxylic acids is 1. The molecule has 0 bridgehead atoms. The van der Waals surface area contributed by atoms with Gasteiger partial charge in [0, 0.05) is 31.4 Å². The minimum Gasteiger partial charge on any atom is -0.480 e. The molecule has 1 aromatic rings. The van der Waals surface area contributed by atoms with Gasteiger partial charge in [0.05, 0.1) is 5.41 Å². The maximum atomic E-state index is 14.4. The maximum Gasteiger partial charge on any atom is 0.323 e. The molecule has 0 aromatic heterocycles. The molecule has 1 aliphatic heterocycles. The number of aliphatic carboxylic acids is 1. The van der Waals surface area contributed by atoms with E-state index in [0.717, 1.165) is 12.1 Å². The number of carbonyl (C=O) groups is 2. The molecule has 0 spiro atoms. The molecule has 132 valence electrons. The van der Waals surface area contributed by atoms with Crippen molar-refractivity contribution >= 4 is 11.9 Å². The highest BCUT2D eigenvalue weighted by atomic mass is 19.1. The first-order chi connectivity index (χ1) is 11.4. The van der Waals surface area contributed by atoms with E-state index in [1.807, 2.05) is 6.92 Å². The highest BCUT2D eigenvalue weighted by Crippen LogP contribution is 2.38. The van der Waals surface area contributed by atoms with E-state index < -0.39 is 35.5 Å². The first kappa shape index (κ1) is 18.3. The summed E-state index contributed by atoms with van der Waals surface area (Å²) in [6, 6.07) is 3.14. The summed E-state index contributed by atoms with van der Waals surface area (Å²) in [5, 5.41) is 9.06. The zero-order valence-electron chi connectivity index (χ0n) is 13.6. The molecule has 0 atom stereocenters. The summed E-state index contributed by atoms with van der Waals surface area (Å²) in [7, 11) is 0. The molecular weight excluding hydrogens is 320 g/mol. The van der Waals surface area contributed by atoms with Crippen LogP contribution in [0.5, 0.6) is 0 Å². The van der Waals surface area contributed by atoms with E-state index in [0.29, 0.717) is 6.42 Å². The lowest BCUT2D eigenvalue weighted by Gasteiger charge is -2.39. The third-order valence-corrected chi connectivity index (χ3v) is 4.31. The number of nitrogens with zero attached hydrogens (tertiary/aromatic N) is 1. The lowest BCUT2D eigenvalue weighted by atomic mass is 9.72. The maximum absolute atomic E-state index is 14.4. The number of benzene rings is 1. The van der Waals surface area contributed by atoms with Crippen LogP contribution in [0.15, 0.2) is 18.2 Å². The second-order valence-corrected chi connectivity index (χ2v) is 5.94. The second-order valence-electron chi connectivity index (χ2n) is 5.94. The van der Waals surface area contributed by atoms with Gasteiger partial charge in [-0.05, 0) is 25.3 Å². The van der Waals surface area contributed by atoms with Crippen LogP contribution in [0.25, 0.3) is 0 Å². The topological polar surface area (TPSA) is 66.8 Å². The van der Waals surface area contributed by atoms with Crippen LogP contribution < -0.4 is 0 Å². The van der Waals surface area contributed by atoms with E-state index in [2.05, 4.69) is 0 Å². The summed E-state index contributed by atoms with van der Waals surface area (Å²) in [4.78, 5) is 25.4. The van der Waals surface area contributed by atoms with Gasteiger partial charge in [0.1, 0.15) is 18.2 Å². The van der Waals surface area contributed by atoms with Gasteiger partial charge < -0.3 is 14.7 Å². The Kier molecular flexibility index (Phi) is 5.88. The van der Waals surface area contributed by atoms with Crippen molar-refractivity contribution in [1.29, 1.82) is 0 Å². The summed E-state index contributed by atoms with van der Waals surface area (Å²) in [5.74, 6) is -3.09. The molecule has 0 saturated carbocycles. The number of carboxylic acid groups (broad SMARTS) is 1. The molecule has 0 aliphatic carbocycles. The fourth-order valence-electron chi connectivity index (χ4n) is 3.18. The molecule has 24 heavy (non-hydrogen) atoms. The van der Waals surface area contributed by atoms with E-state index >= 15 is 0 Å². The molecule has 2 rings (SSSR count). The van der Waals surface area contributed by atoms with Crippen molar-refractivity contribution in [3.63, 3.8) is 0 Å². The molecule has 1 heterocycles. The fraction of sp³-hybridized carbons (Fsp3) is 0.529. The molecular formula is C17H21F2NO4. The average Bonchev–Trinajstić information content (AvgIpc) is 2.54. The van der Waals surface area contributed by atoms with Gasteiger partial charge >= 0.3 is 5.97 Å². The van der Waals surface area contributed by atoms with E-state index in [-0.39, 0.29) is 38.2 Å². The van der Waals surface area contributed by atoms with Gasteiger partial charge in [0.25, 0.3) is 0 Å². The Bertz CT molecular complexity index is 615. The lowest BCUT2D eigenvalue weighted by Crippen LogP contribution is -2.51. The molecule has 1 amide bonds. The summed E-state index contributed by atoms with van der Waals surface area (Å²) < 4.78 is 32.9. The van der Waals surface area contributed by atoms with Crippen LogP contribution in [0.3, 0.4) is 0 Å². The van der Waals surface area contributed by atoms with E-state index in [1.165, 1.54) is 11.0 Å². The van der Waals surface area contributed by atoms with Crippen molar-refractivity contribution in [2.75, 3.05) is 26.3 Å². The quantitative estimate of drug-likeness (QED) is 0.862. The second kappa shape index (κ2) is 7.70. The lowest BCUT2D eigenvalue weighted by molar-refractivity contribution is -0.149. The SMILES string of the molecule is CCCN(CC(=O)O)C(=O)C1(c2ccc(F)cc2F)CCOCC1. The minimum absolute atomic E-state index is 0.101. The van der Waals surface area contributed by atoms with E-state index in [4.69, 9.17) is 9.84 Å². The molecule has 7 heteroatoms. The minimum atomic E-state index is -1.22. The Hall–Kier alpha value is -2.02. The summed E-state index contributed by atoms with van der Waals surface area (Å²) in [5.41, 5.74) is -1.12. The third kappa shape index (κ3) is 3.72. The summed E-state index contributed by atoms with van der Waals surface area (Å²) in [6.45, 7) is 2.16. The third-order valence-electron chi connectivity index (χ3n) is 4.31. The number of halogens is 2. The first-order valence-electron chi connectivity index (χ1n) is 7.95. The van der Waals surface area contributed by atoms with Crippen LogP contribution in [0.2, 0.25) is 0 Å². The Morgan fingerprint density at radius 3 is 2.50 bits per heavy atom. The Morgan fingerprint density at radius 2 is 1.96 bits per heavy atom. The van der Waals surface area contributed by atoms with Crippen molar-refractivity contribution in [3.8, 4) is 0 Å². The molecule has 0 unspecified atom stereocenters. The zero-order chi connectivity index (χ0) is 17.7. The zero-order valence-corrected chi connectivity index (χ0v) is 13.6. The number of hydrogen-bond donors (Lipinski definition) is 1. The number of rotatable bonds is 6. The number of hydrogen-bond acceptors (Lipinski definition) is 3. The number of amides is 1. The Morgan fingerprint density at radius 1 is 1.29 bits per heavy atom. The molecule has 1 fully saturated rings. The van der Waals surface area contributed by atoms with Gasteiger partial charge in [-0.1, -0.05) is 13.0 Å². The largest absolute Gasteiger partial charge is 0.480 e. The van der Waals surface area contributed by atoms with E-state index in [1.54, 1.807) is 0 Å². The van der Waals surface area contributed by atoms with Crippen LogP contribution in [-0.2, 0) is 19.7 Å². The molecule has 1 aromatic carbocycles. The van der Waals surface area contributed by atoms with Crippen molar-refractivity contribution < 1.29 is 28.2 Å². The molecule has 1 saturated heterocycles.